The van der Waals surface area contributed by atoms with Crippen molar-refractivity contribution in [2.24, 2.45) is 0 Å². The topological polar surface area (TPSA) is 35.6 Å². The van der Waals surface area contributed by atoms with E-state index in [1.165, 1.54) is 6.07 Å². The van der Waals surface area contributed by atoms with Crippen LogP contribution in [-0.4, -0.2) is 43.5 Å². The lowest BCUT2D eigenvalue weighted by molar-refractivity contribution is -0.129. The highest BCUT2D eigenvalue weighted by Crippen LogP contribution is 2.28. The second-order valence-corrected chi connectivity index (χ2v) is 5.48. The molecule has 116 valence electrons. The van der Waals surface area contributed by atoms with E-state index in [1.54, 1.807) is 13.0 Å². The highest BCUT2D eigenvalue weighted by Gasteiger charge is 2.22. The predicted octanol–water partition coefficient (Wildman–Crippen LogP) is 2.16. The van der Waals surface area contributed by atoms with Crippen LogP contribution in [0.3, 0.4) is 0 Å². The maximum atomic E-state index is 13.6. The van der Waals surface area contributed by atoms with Crippen molar-refractivity contribution in [3.8, 4) is 0 Å². The van der Waals surface area contributed by atoms with E-state index < -0.39 is 0 Å². The lowest BCUT2D eigenvalue weighted by Crippen LogP contribution is -2.48. The molecule has 1 unspecified atom stereocenters. The number of nitrogens with zero attached hydrogens (tertiary/aromatic N) is 2. The van der Waals surface area contributed by atoms with E-state index in [0.29, 0.717) is 0 Å². The molecule has 5 heteroatoms. The van der Waals surface area contributed by atoms with Gasteiger partial charge in [0.05, 0.1) is 0 Å². The molecule has 0 radical (unpaired) electrons. The number of halogens is 1. The summed E-state index contributed by atoms with van der Waals surface area (Å²) in [5, 5.41) is 3.34. The molecule has 0 aromatic heterocycles. The highest BCUT2D eigenvalue weighted by atomic mass is 19.1. The van der Waals surface area contributed by atoms with Crippen molar-refractivity contribution in [3.05, 3.63) is 29.6 Å². The van der Waals surface area contributed by atoms with Gasteiger partial charge in [0.25, 0.3) is 0 Å². The molecular formula is C16H24FN3O. The van der Waals surface area contributed by atoms with Crippen molar-refractivity contribution in [2.45, 2.75) is 26.8 Å². The fourth-order valence-electron chi connectivity index (χ4n) is 2.84. The maximum absolute atomic E-state index is 13.6. The average molecular weight is 293 g/mol. The van der Waals surface area contributed by atoms with E-state index in [1.807, 2.05) is 24.8 Å². The zero-order valence-corrected chi connectivity index (χ0v) is 13.0. The van der Waals surface area contributed by atoms with Gasteiger partial charge < -0.3 is 15.1 Å². The molecule has 1 amide bonds. The molecule has 0 bridgehead atoms. The number of benzene rings is 1. The molecule has 1 aromatic rings. The van der Waals surface area contributed by atoms with Gasteiger partial charge in [-0.3, -0.25) is 4.79 Å². The molecule has 1 fully saturated rings. The van der Waals surface area contributed by atoms with Crippen molar-refractivity contribution in [3.63, 3.8) is 0 Å². The SMILES string of the molecule is CCNC(C)c1cc(F)ccc1N1CCN(C(C)=O)CC1. The largest absolute Gasteiger partial charge is 0.368 e. The number of hydrogen-bond donors (Lipinski definition) is 1. The minimum atomic E-state index is -0.208. The summed E-state index contributed by atoms with van der Waals surface area (Å²) in [6, 6.07) is 5.07. The van der Waals surface area contributed by atoms with Crippen LogP contribution in [0, 0.1) is 5.82 Å². The van der Waals surface area contributed by atoms with Crippen molar-refractivity contribution in [1.82, 2.24) is 10.2 Å². The van der Waals surface area contributed by atoms with Crippen LogP contribution >= 0.6 is 0 Å². The molecule has 1 N–H and O–H groups in total. The van der Waals surface area contributed by atoms with E-state index in [4.69, 9.17) is 0 Å². The van der Waals surface area contributed by atoms with Crippen LogP contribution in [0.2, 0.25) is 0 Å². The number of carbonyl (C=O) groups is 1. The predicted molar refractivity (Wildman–Crippen MR) is 83.0 cm³/mol. The van der Waals surface area contributed by atoms with Gasteiger partial charge in [-0.1, -0.05) is 6.92 Å². The summed E-state index contributed by atoms with van der Waals surface area (Å²) >= 11 is 0. The molecule has 1 aliphatic heterocycles. The minimum Gasteiger partial charge on any atom is -0.368 e. The normalized spacial score (nSPS) is 17.0. The Morgan fingerprint density at radius 1 is 1.33 bits per heavy atom. The summed E-state index contributed by atoms with van der Waals surface area (Å²) in [5.41, 5.74) is 2.04. The van der Waals surface area contributed by atoms with E-state index >= 15 is 0 Å². The maximum Gasteiger partial charge on any atom is 0.219 e. The van der Waals surface area contributed by atoms with E-state index in [0.717, 1.165) is 44.0 Å². The quantitative estimate of drug-likeness (QED) is 0.924. The van der Waals surface area contributed by atoms with Crippen LogP contribution in [0.5, 0.6) is 0 Å². The van der Waals surface area contributed by atoms with E-state index in [2.05, 4.69) is 10.2 Å². The van der Waals surface area contributed by atoms with Gasteiger partial charge in [0.2, 0.25) is 5.91 Å². The van der Waals surface area contributed by atoms with Crippen LogP contribution in [-0.2, 0) is 4.79 Å². The third-order valence-corrected chi connectivity index (χ3v) is 4.03. The Morgan fingerprint density at radius 3 is 2.57 bits per heavy atom. The number of rotatable bonds is 4. The standard InChI is InChI=1S/C16H24FN3O/c1-4-18-12(2)15-11-14(17)5-6-16(15)20-9-7-19(8-10-20)13(3)21/h5-6,11-12,18H,4,7-10H2,1-3H3. The van der Waals surface area contributed by atoms with Gasteiger partial charge in [0, 0.05) is 44.8 Å². The monoisotopic (exact) mass is 293 g/mol. The molecule has 4 nitrogen and oxygen atoms in total. The fourth-order valence-corrected chi connectivity index (χ4v) is 2.84. The van der Waals surface area contributed by atoms with Gasteiger partial charge in [-0.2, -0.15) is 0 Å². The summed E-state index contributed by atoms with van der Waals surface area (Å²) in [4.78, 5) is 15.5. The second-order valence-electron chi connectivity index (χ2n) is 5.48. The Kier molecular flexibility index (Phi) is 5.17. The van der Waals surface area contributed by atoms with Gasteiger partial charge >= 0.3 is 0 Å². The Morgan fingerprint density at radius 2 is 2.00 bits per heavy atom. The van der Waals surface area contributed by atoms with E-state index in [-0.39, 0.29) is 17.8 Å². The van der Waals surface area contributed by atoms with E-state index in [9.17, 15) is 9.18 Å². The first-order valence-corrected chi connectivity index (χ1v) is 7.56. The Bertz CT molecular complexity index is 498. The number of amides is 1. The molecule has 1 atom stereocenters. The molecule has 1 aliphatic rings. The molecule has 1 heterocycles. The third-order valence-electron chi connectivity index (χ3n) is 4.03. The van der Waals surface area contributed by atoms with Gasteiger partial charge in [-0.25, -0.2) is 4.39 Å². The minimum absolute atomic E-state index is 0.103. The van der Waals surface area contributed by atoms with Crippen LogP contribution in [0.1, 0.15) is 32.4 Å². The number of hydrogen-bond acceptors (Lipinski definition) is 3. The average Bonchev–Trinajstić information content (AvgIpc) is 2.47. The van der Waals surface area contributed by atoms with Crippen molar-refractivity contribution in [1.29, 1.82) is 0 Å². The van der Waals surface area contributed by atoms with Gasteiger partial charge in [-0.05, 0) is 37.2 Å². The molecule has 21 heavy (non-hydrogen) atoms. The fraction of sp³-hybridized carbons (Fsp3) is 0.562. The number of carbonyl (C=O) groups excluding carboxylic acids is 1. The molecule has 0 aliphatic carbocycles. The molecule has 0 saturated carbocycles. The first kappa shape index (κ1) is 15.8. The smallest absolute Gasteiger partial charge is 0.219 e. The first-order valence-electron chi connectivity index (χ1n) is 7.56. The Labute approximate surface area is 125 Å². The van der Waals surface area contributed by atoms with Gasteiger partial charge in [-0.15, -0.1) is 0 Å². The summed E-state index contributed by atoms with van der Waals surface area (Å²) in [7, 11) is 0. The first-order chi connectivity index (χ1) is 10.0. The van der Waals surface area contributed by atoms with Crippen molar-refractivity contribution in [2.75, 3.05) is 37.6 Å². The Hall–Kier alpha value is -1.62. The second kappa shape index (κ2) is 6.89. The Balaban J connectivity index is 2.18. The van der Waals surface area contributed by atoms with Crippen LogP contribution in [0.4, 0.5) is 10.1 Å². The molecule has 2 rings (SSSR count). The van der Waals surface area contributed by atoms with Crippen LogP contribution in [0.15, 0.2) is 18.2 Å². The summed E-state index contributed by atoms with van der Waals surface area (Å²) in [6.45, 7) is 9.56. The zero-order chi connectivity index (χ0) is 15.4. The van der Waals surface area contributed by atoms with Crippen LogP contribution < -0.4 is 10.2 Å². The highest BCUT2D eigenvalue weighted by molar-refractivity contribution is 5.73. The van der Waals surface area contributed by atoms with Crippen LogP contribution in [0.25, 0.3) is 0 Å². The van der Waals surface area contributed by atoms with Gasteiger partial charge in [0.15, 0.2) is 0 Å². The summed E-state index contributed by atoms with van der Waals surface area (Å²) in [6.07, 6.45) is 0. The third kappa shape index (κ3) is 3.73. The lowest BCUT2D eigenvalue weighted by Gasteiger charge is -2.37. The summed E-state index contributed by atoms with van der Waals surface area (Å²) in [5.74, 6) is -0.0872. The zero-order valence-electron chi connectivity index (χ0n) is 13.0. The molecule has 1 aromatic carbocycles. The lowest BCUT2D eigenvalue weighted by atomic mass is 10.0. The van der Waals surface area contributed by atoms with Gasteiger partial charge in [0.1, 0.15) is 5.82 Å². The van der Waals surface area contributed by atoms with Crippen molar-refractivity contribution < 1.29 is 9.18 Å². The molecule has 0 spiro atoms. The molecule has 1 saturated heterocycles. The van der Waals surface area contributed by atoms with Crippen molar-refractivity contribution >= 4 is 11.6 Å². The number of piperazine rings is 1. The number of nitrogens with one attached hydrogen (secondary N) is 1. The number of anilines is 1. The molecular weight excluding hydrogens is 269 g/mol. The summed E-state index contributed by atoms with van der Waals surface area (Å²) < 4.78 is 13.6.